The summed E-state index contributed by atoms with van der Waals surface area (Å²) >= 11 is 5.22. The summed E-state index contributed by atoms with van der Waals surface area (Å²) in [7, 11) is 0. The van der Waals surface area contributed by atoms with Crippen LogP contribution >= 0.6 is 12.2 Å². The molecule has 0 atom stereocenters. The van der Waals surface area contributed by atoms with Gasteiger partial charge in [-0.25, -0.2) is 0 Å². The van der Waals surface area contributed by atoms with Crippen LogP contribution in [0.1, 0.15) is 11.1 Å². The van der Waals surface area contributed by atoms with E-state index in [1.165, 1.54) is 0 Å². The second-order valence-corrected chi connectivity index (χ2v) is 4.08. The van der Waals surface area contributed by atoms with Crippen LogP contribution in [0.2, 0.25) is 0 Å². The lowest BCUT2D eigenvalue weighted by Gasteiger charge is -2.04. The molecule has 0 bridgehead atoms. The average molecular weight is 255 g/mol. The Morgan fingerprint density at radius 1 is 0.889 bits per heavy atom. The normalized spacial score (nSPS) is 11.0. The minimum Gasteiger partial charge on any atom is -0.382 e. The van der Waals surface area contributed by atoms with Gasteiger partial charge in [-0.2, -0.15) is 5.10 Å². The van der Waals surface area contributed by atoms with E-state index in [9.17, 15) is 0 Å². The molecular formula is C14H13N3S. The van der Waals surface area contributed by atoms with Crippen LogP contribution in [-0.2, 0) is 0 Å². The second-order valence-electron chi connectivity index (χ2n) is 3.67. The maximum Gasteiger partial charge on any atom is 0.150 e. The van der Waals surface area contributed by atoms with E-state index in [0.717, 1.165) is 11.1 Å². The zero-order valence-corrected chi connectivity index (χ0v) is 10.5. The molecule has 3 nitrogen and oxygen atoms in total. The van der Waals surface area contributed by atoms with Crippen molar-refractivity contribution in [1.29, 1.82) is 0 Å². The van der Waals surface area contributed by atoms with Gasteiger partial charge in [0.15, 0.2) is 5.84 Å². The standard InChI is InChI=1S/C14H13N3S/c15-13(11-7-3-1-4-8-11)16-17-14(18)12-9-5-2-6-10-12/h1-10H,(H2,15,16)(H,17,18). The molecule has 0 aromatic heterocycles. The Kier molecular flexibility index (Phi) is 4.04. The highest BCUT2D eigenvalue weighted by molar-refractivity contribution is 7.80. The van der Waals surface area contributed by atoms with Gasteiger partial charge in [-0.15, -0.1) is 0 Å². The van der Waals surface area contributed by atoms with Crippen LogP contribution in [0.15, 0.2) is 65.8 Å². The third kappa shape index (κ3) is 3.15. The van der Waals surface area contributed by atoms with E-state index >= 15 is 0 Å². The van der Waals surface area contributed by atoms with Crippen LogP contribution in [0, 0.1) is 0 Å². The van der Waals surface area contributed by atoms with Crippen LogP contribution < -0.4 is 11.2 Å². The summed E-state index contributed by atoms with van der Waals surface area (Å²) in [6.45, 7) is 0. The van der Waals surface area contributed by atoms with Crippen molar-refractivity contribution in [2.24, 2.45) is 10.8 Å². The van der Waals surface area contributed by atoms with Crippen LogP contribution in [0.5, 0.6) is 0 Å². The van der Waals surface area contributed by atoms with E-state index in [1.54, 1.807) is 0 Å². The molecule has 90 valence electrons. The minimum atomic E-state index is 0.411. The number of hydrogen-bond donors (Lipinski definition) is 2. The highest BCUT2D eigenvalue weighted by Gasteiger charge is 2.00. The molecule has 0 spiro atoms. The van der Waals surface area contributed by atoms with Crippen molar-refractivity contribution in [3.63, 3.8) is 0 Å². The van der Waals surface area contributed by atoms with Gasteiger partial charge in [0.2, 0.25) is 0 Å². The van der Waals surface area contributed by atoms with Crippen LogP contribution in [0.4, 0.5) is 0 Å². The van der Waals surface area contributed by atoms with Gasteiger partial charge in [0, 0.05) is 11.1 Å². The third-order valence-corrected chi connectivity index (χ3v) is 2.71. The van der Waals surface area contributed by atoms with Gasteiger partial charge in [0.05, 0.1) is 0 Å². The molecule has 0 aliphatic rings. The summed E-state index contributed by atoms with van der Waals surface area (Å²) in [5, 5.41) is 4.07. The minimum absolute atomic E-state index is 0.411. The summed E-state index contributed by atoms with van der Waals surface area (Å²) in [6.07, 6.45) is 0. The molecule has 2 aromatic carbocycles. The summed E-state index contributed by atoms with van der Waals surface area (Å²) < 4.78 is 0. The van der Waals surface area contributed by atoms with Crippen molar-refractivity contribution >= 4 is 23.0 Å². The lowest BCUT2D eigenvalue weighted by atomic mass is 10.2. The number of rotatable bonds is 3. The molecule has 2 rings (SSSR count). The Hall–Kier alpha value is -2.20. The quantitative estimate of drug-likeness (QED) is 0.383. The molecule has 3 N–H and O–H groups in total. The number of hydrazone groups is 1. The largest absolute Gasteiger partial charge is 0.382 e. The Labute approximate surface area is 111 Å². The number of benzene rings is 2. The van der Waals surface area contributed by atoms with E-state index in [0.29, 0.717) is 10.8 Å². The van der Waals surface area contributed by atoms with Gasteiger partial charge < -0.3 is 5.73 Å². The van der Waals surface area contributed by atoms with Crippen molar-refractivity contribution < 1.29 is 0 Å². The van der Waals surface area contributed by atoms with E-state index in [-0.39, 0.29) is 0 Å². The van der Waals surface area contributed by atoms with Crippen LogP contribution in [-0.4, -0.2) is 10.8 Å². The Balaban J connectivity index is 2.05. The molecule has 0 heterocycles. The Bertz CT molecular complexity index is 550. The van der Waals surface area contributed by atoms with Crippen molar-refractivity contribution in [3.05, 3.63) is 71.8 Å². The van der Waals surface area contributed by atoms with E-state index in [2.05, 4.69) is 10.5 Å². The number of nitrogens with one attached hydrogen (secondary N) is 1. The highest BCUT2D eigenvalue weighted by atomic mass is 32.1. The van der Waals surface area contributed by atoms with E-state index in [1.807, 2.05) is 60.7 Å². The summed E-state index contributed by atoms with van der Waals surface area (Å²) in [5.41, 5.74) is 10.4. The molecule has 0 saturated heterocycles. The first kappa shape index (κ1) is 12.3. The fourth-order valence-corrected chi connectivity index (χ4v) is 1.62. The predicted octanol–water partition coefficient (Wildman–Crippen LogP) is 2.27. The first-order valence-electron chi connectivity index (χ1n) is 5.51. The number of thiocarbonyl (C=S) groups is 1. The van der Waals surface area contributed by atoms with Crippen LogP contribution in [0.3, 0.4) is 0 Å². The summed E-state index contributed by atoms with van der Waals surface area (Å²) in [5.74, 6) is 0.411. The summed E-state index contributed by atoms with van der Waals surface area (Å²) in [6, 6.07) is 19.2. The second kappa shape index (κ2) is 5.93. The van der Waals surface area contributed by atoms with Crippen molar-refractivity contribution in [2.75, 3.05) is 0 Å². The number of amidine groups is 1. The molecule has 0 unspecified atom stereocenters. The zero-order chi connectivity index (χ0) is 12.8. The number of nitrogens with two attached hydrogens (primary N) is 1. The first-order chi connectivity index (χ1) is 8.77. The molecule has 0 fully saturated rings. The highest BCUT2D eigenvalue weighted by Crippen LogP contribution is 2.00. The smallest absolute Gasteiger partial charge is 0.150 e. The maximum absolute atomic E-state index is 5.85. The van der Waals surface area contributed by atoms with Crippen molar-refractivity contribution in [3.8, 4) is 0 Å². The molecule has 0 saturated carbocycles. The van der Waals surface area contributed by atoms with E-state index in [4.69, 9.17) is 18.0 Å². The lowest BCUT2D eigenvalue weighted by molar-refractivity contribution is 1.04. The van der Waals surface area contributed by atoms with Crippen molar-refractivity contribution in [1.82, 2.24) is 5.43 Å². The van der Waals surface area contributed by atoms with Gasteiger partial charge in [0.1, 0.15) is 4.99 Å². The first-order valence-corrected chi connectivity index (χ1v) is 5.92. The van der Waals surface area contributed by atoms with E-state index < -0.39 is 0 Å². The molecule has 0 amide bonds. The fraction of sp³-hybridized carbons (Fsp3) is 0. The van der Waals surface area contributed by atoms with Gasteiger partial charge in [-0.05, 0) is 0 Å². The molecule has 4 heteroatoms. The Morgan fingerprint density at radius 3 is 1.94 bits per heavy atom. The molecule has 0 radical (unpaired) electrons. The molecule has 18 heavy (non-hydrogen) atoms. The lowest BCUT2D eigenvalue weighted by Crippen LogP contribution is -2.23. The van der Waals surface area contributed by atoms with Gasteiger partial charge in [-0.3, -0.25) is 5.43 Å². The maximum atomic E-state index is 5.85. The fourth-order valence-electron chi connectivity index (χ4n) is 1.44. The van der Waals surface area contributed by atoms with Gasteiger partial charge >= 0.3 is 0 Å². The van der Waals surface area contributed by atoms with Crippen LogP contribution in [0.25, 0.3) is 0 Å². The molecule has 2 aromatic rings. The molecular weight excluding hydrogens is 242 g/mol. The zero-order valence-electron chi connectivity index (χ0n) is 9.71. The van der Waals surface area contributed by atoms with Gasteiger partial charge in [0.25, 0.3) is 0 Å². The van der Waals surface area contributed by atoms with Crippen molar-refractivity contribution in [2.45, 2.75) is 0 Å². The third-order valence-electron chi connectivity index (χ3n) is 2.38. The monoisotopic (exact) mass is 255 g/mol. The number of hydrogen-bond acceptors (Lipinski definition) is 2. The molecule has 0 aliphatic heterocycles. The number of nitrogens with zero attached hydrogens (tertiary/aromatic N) is 1. The Morgan fingerprint density at radius 2 is 1.39 bits per heavy atom. The summed E-state index contributed by atoms with van der Waals surface area (Å²) in [4.78, 5) is 0.550. The average Bonchev–Trinajstić information content (AvgIpc) is 2.46. The van der Waals surface area contributed by atoms with Gasteiger partial charge in [-0.1, -0.05) is 72.9 Å². The topological polar surface area (TPSA) is 50.4 Å². The molecule has 0 aliphatic carbocycles. The predicted molar refractivity (Wildman–Crippen MR) is 78.4 cm³/mol. The SMILES string of the molecule is N/C(=N\NC(=S)c1ccccc1)c1ccccc1.